The number of benzene rings is 1. The highest BCUT2D eigenvalue weighted by atomic mass is 32.2. The standard InChI is InChI=1S/C14H14N2S/c15-7-8-17-14-10-16(9-11-5-6-11)13-4-2-1-3-12(13)14/h1-4,10-11H,5-6,8-9H2. The molecule has 1 saturated carbocycles. The van der Waals surface area contributed by atoms with Crippen LogP contribution in [0.1, 0.15) is 12.8 Å². The fourth-order valence-corrected chi connectivity index (χ4v) is 2.92. The molecule has 17 heavy (non-hydrogen) atoms. The molecule has 0 saturated heterocycles. The third kappa shape index (κ3) is 2.18. The summed E-state index contributed by atoms with van der Waals surface area (Å²) in [5.41, 5.74) is 1.31. The summed E-state index contributed by atoms with van der Waals surface area (Å²) in [6.07, 6.45) is 4.95. The third-order valence-electron chi connectivity index (χ3n) is 3.20. The smallest absolute Gasteiger partial charge is 0.0856 e. The minimum absolute atomic E-state index is 0.525. The summed E-state index contributed by atoms with van der Waals surface area (Å²) >= 11 is 1.64. The molecule has 0 bridgehead atoms. The first kappa shape index (κ1) is 10.7. The Morgan fingerprint density at radius 2 is 2.18 bits per heavy atom. The van der Waals surface area contributed by atoms with Crippen molar-refractivity contribution >= 4 is 22.7 Å². The van der Waals surface area contributed by atoms with Crippen molar-refractivity contribution in [2.75, 3.05) is 5.75 Å². The van der Waals surface area contributed by atoms with Crippen molar-refractivity contribution in [3.63, 3.8) is 0 Å². The molecule has 1 heterocycles. The first-order valence-corrected chi connectivity index (χ1v) is 6.94. The second-order valence-corrected chi connectivity index (χ2v) is 5.57. The van der Waals surface area contributed by atoms with E-state index in [1.807, 2.05) is 0 Å². The van der Waals surface area contributed by atoms with E-state index in [1.54, 1.807) is 11.8 Å². The molecule has 2 aromatic rings. The van der Waals surface area contributed by atoms with E-state index in [1.165, 1.54) is 28.6 Å². The SMILES string of the molecule is N#CCSc1cn(CC2CC2)c2ccccc12. The minimum Gasteiger partial charge on any atom is -0.346 e. The molecule has 1 aromatic carbocycles. The summed E-state index contributed by atoms with van der Waals surface area (Å²) < 4.78 is 2.35. The second-order valence-electron chi connectivity index (χ2n) is 4.55. The Kier molecular flexibility index (Phi) is 2.82. The highest BCUT2D eigenvalue weighted by Gasteiger charge is 2.22. The van der Waals surface area contributed by atoms with Crippen LogP contribution in [-0.4, -0.2) is 10.3 Å². The van der Waals surface area contributed by atoms with Crippen molar-refractivity contribution < 1.29 is 0 Å². The zero-order valence-corrected chi connectivity index (χ0v) is 10.4. The average molecular weight is 242 g/mol. The van der Waals surface area contributed by atoms with Crippen molar-refractivity contribution in [1.82, 2.24) is 4.57 Å². The highest BCUT2D eigenvalue weighted by Crippen LogP contribution is 2.35. The van der Waals surface area contributed by atoms with Gasteiger partial charge in [-0.25, -0.2) is 0 Å². The second kappa shape index (κ2) is 4.46. The first-order chi connectivity index (χ1) is 8.38. The topological polar surface area (TPSA) is 28.7 Å². The van der Waals surface area contributed by atoms with Crippen LogP contribution in [0, 0.1) is 17.2 Å². The van der Waals surface area contributed by atoms with Gasteiger partial charge in [-0.05, 0) is 24.8 Å². The fourth-order valence-electron chi connectivity index (χ4n) is 2.17. The summed E-state index contributed by atoms with van der Waals surface area (Å²) in [7, 11) is 0. The number of fused-ring (bicyclic) bond motifs is 1. The molecule has 1 aliphatic rings. The van der Waals surface area contributed by atoms with Gasteiger partial charge in [0.1, 0.15) is 0 Å². The minimum atomic E-state index is 0.525. The van der Waals surface area contributed by atoms with Crippen LogP contribution >= 0.6 is 11.8 Å². The number of hydrogen-bond donors (Lipinski definition) is 0. The van der Waals surface area contributed by atoms with E-state index in [9.17, 15) is 0 Å². The average Bonchev–Trinajstić information content (AvgIpc) is 3.10. The van der Waals surface area contributed by atoms with Crippen molar-refractivity contribution in [1.29, 1.82) is 5.26 Å². The van der Waals surface area contributed by atoms with Crippen LogP contribution in [0.5, 0.6) is 0 Å². The summed E-state index contributed by atoms with van der Waals surface area (Å²) in [5.74, 6) is 1.40. The third-order valence-corrected chi connectivity index (χ3v) is 4.11. The van der Waals surface area contributed by atoms with Gasteiger partial charge in [-0.1, -0.05) is 18.2 Å². The molecule has 0 unspecified atom stereocenters. The van der Waals surface area contributed by atoms with Gasteiger partial charge < -0.3 is 4.57 Å². The molecule has 0 N–H and O–H groups in total. The molecule has 0 aliphatic heterocycles. The number of nitriles is 1. The fraction of sp³-hybridized carbons (Fsp3) is 0.357. The summed E-state index contributed by atoms with van der Waals surface area (Å²) in [6.45, 7) is 1.13. The summed E-state index contributed by atoms with van der Waals surface area (Å²) in [5, 5.41) is 9.97. The predicted octanol–water partition coefficient (Wildman–Crippen LogP) is 3.67. The van der Waals surface area contributed by atoms with E-state index in [0.29, 0.717) is 5.75 Å². The van der Waals surface area contributed by atoms with Gasteiger partial charge in [0.2, 0.25) is 0 Å². The Morgan fingerprint density at radius 3 is 2.94 bits per heavy atom. The van der Waals surface area contributed by atoms with Crippen molar-refractivity contribution in [3.05, 3.63) is 30.5 Å². The monoisotopic (exact) mass is 242 g/mol. The van der Waals surface area contributed by atoms with E-state index in [2.05, 4.69) is 41.1 Å². The van der Waals surface area contributed by atoms with Crippen LogP contribution in [-0.2, 0) is 6.54 Å². The molecule has 2 nitrogen and oxygen atoms in total. The lowest BCUT2D eigenvalue weighted by Crippen LogP contribution is -1.96. The summed E-state index contributed by atoms with van der Waals surface area (Å²) in [4.78, 5) is 1.24. The quantitative estimate of drug-likeness (QED) is 0.765. The largest absolute Gasteiger partial charge is 0.346 e. The molecule has 1 aromatic heterocycles. The molecular formula is C14H14N2S. The van der Waals surface area contributed by atoms with Crippen LogP contribution in [0.15, 0.2) is 35.4 Å². The molecule has 1 fully saturated rings. The van der Waals surface area contributed by atoms with Gasteiger partial charge in [0, 0.05) is 28.5 Å². The molecule has 0 amide bonds. The lowest BCUT2D eigenvalue weighted by Gasteiger charge is -2.02. The maximum Gasteiger partial charge on any atom is 0.0856 e. The van der Waals surface area contributed by atoms with Gasteiger partial charge in [0.05, 0.1) is 11.8 Å². The van der Waals surface area contributed by atoms with Crippen molar-refractivity contribution in [2.24, 2.45) is 5.92 Å². The Hall–Kier alpha value is -1.40. The van der Waals surface area contributed by atoms with Gasteiger partial charge >= 0.3 is 0 Å². The van der Waals surface area contributed by atoms with Gasteiger partial charge in [0.15, 0.2) is 0 Å². The first-order valence-electron chi connectivity index (χ1n) is 5.96. The van der Waals surface area contributed by atoms with Crippen LogP contribution in [0.25, 0.3) is 10.9 Å². The molecular weight excluding hydrogens is 228 g/mol. The van der Waals surface area contributed by atoms with E-state index in [0.717, 1.165) is 12.5 Å². The molecule has 0 spiro atoms. The maximum atomic E-state index is 8.68. The van der Waals surface area contributed by atoms with E-state index < -0.39 is 0 Å². The number of nitrogens with zero attached hydrogens (tertiary/aromatic N) is 2. The van der Waals surface area contributed by atoms with Crippen molar-refractivity contribution in [2.45, 2.75) is 24.3 Å². The maximum absolute atomic E-state index is 8.68. The number of thioether (sulfide) groups is 1. The van der Waals surface area contributed by atoms with Crippen LogP contribution in [0.2, 0.25) is 0 Å². The Balaban J connectivity index is 2.00. The van der Waals surface area contributed by atoms with E-state index >= 15 is 0 Å². The molecule has 1 aliphatic carbocycles. The summed E-state index contributed by atoms with van der Waals surface area (Å²) in [6, 6.07) is 10.7. The highest BCUT2D eigenvalue weighted by molar-refractivity contribution is 7.99. The Bertz CT molecular complexity index is 575. The van der Waals surface area contributed by atoms with Gasteiger partial charge in [0.25, 0.3) is 0 Å². The Labute approximate surface area is 105 Å². The lowest BCUT2D eigenvalue weighted by atomic mass is 10.2. The van der Waals surface area contributed by atoms with E-state index in [4.69, 9.17) is 5.26 Å². The molecule has 0 radical (unpaired) electrons. The molecule has 3 rings (SSSR count). The van der Waals surface area contributed by atoms with Crippen LogP contribution in [0.4, 0.5) is 0 Å². The van der Waals surface area contributed by atoms with Gasteiger partial charge in [-0.2, -0.15) is 5.26 Å². The number of para-hydroxylation sites is 1. The zero-order valence-electron chi connectivity index (χ0n) is 9.60. The van der Waals surface area contributed by atoms with Crippen LogP contribution in [0.3, 0.4) is 0 Å². The number of rotatable bonds is 4. The predicted molar refractivity (Wildman–Crippen MR) is 71.0 cm³/mol. The van der Waals surface area contributed by atoms with Gasteiger partial charge in [-0.3, -0.25) is 0 Å². The molecule has 0 atom stereocenters. The van der Waals surface area contributed by atoms with Gasteiger partial charge in [-0.15, -0.1) is 11.8 Å². The number of aromatic nitrogens is 1. The lowest BCUT2D eigenvalue weighted by molar-refractivity contribution is 0.644. The zero-order chi connectivity index (χ0) is 11.7. The normalized spacial score (nSPS) is 15.0. The molecule has 86 valence electrons. The van der Waals surface area contributed by atoms with E-state index in [-0.39, 0.29) is 0 Å². The van der Waals surface area contributed by atoms with Crippen molar-refractivity contribution in [3.8, 4) is 6.07 Å². The molecule has 3 heteroatoms. The Morgan fingerprint density at radius 1 is 1.35 bits per heavy atom. The van der Waals surface area contributed by atoms with Crippen LogP contribution < -0.4 is 0 Å². The number of hydrogen-bond acceptors (Lipinski definition) is 2.